The van der Waals surface area contributed by atoms with E-state index in [1.54, 1.807) is 6.92 Å². The lowest BCUT2D eigenvalue weighted by molar-refractivity contribution is 0.199. The van der Waals surface area contributed by atoms with Gasteiger partial charge in [-0.25, -0.2) is 4.39 Å². The van der Waals surface area contributed by atoms with Crippen molar-refractivity contribution in [2.24, 2.45) is 5.73 Å². The minimum absolute atomic E-state index is 0.0736. The molecule has 0 aliphatic carbocycles. The average Bonchev–Trinajstić information content (AvgIpc) is 2.15. The van der Waals surface area contributed by atoms with Crippen molar-refractivity contribution in [1.82, 2.24) is 0 Å². The number of halogens is 1. The highest BCUT2D eigenvalue weighted by Crippen LogP contribution is 2.24. The number of rotatable bonds is 4. The molecule has 1 aromatic rings. The largest absolute Gasteiger partial charge is 0.491 e. The molecule has 78 valence electrons. The van der Waals surface area contributed by atoms with E-state index in [0.717, 1.165) is 0 Å². The Bertz CT molecular complexity index is 302. The number of hydrogen-bond donors (Lipinski definition) is 2. The molecule has 0 aliphatic heterocycles. The summed E-state index contributed by atoms with van der Waals surface area (Å²) in [5.74, 6) is 0.184. The van der Waals surface area contributed by atoms with Crippen LogP contribution in [-0.4, -0.2) is 18.3 Å². The molecule has 0 radical (unpaired) electrons. The van der Waals surface area contributed by atoms with Crippen LogP contribution in [-0.2, 0) is 0 Å². The van der Waals surface area contributed by atoms with Crippen LogP contribution in [0.5, 0.6) is 5.75 Å². The highest BCUT2D eigenvalue weighted by Gasteiger charge is 2.08. The quantitative estimate of drug-likeness (QED) is 0.766. The van der Waals surface area contributed by atoms with Gasteiger partial charge in [0.05, 0.1) is 6.61 Å². The van der Waals surface area contributed by atoms with Gasteiger partial charge in [0.1, 0.15) is 18.2 Å². The van der Waals surface area contributed by atoms with E-state index in [4.69, 9.17) is 15.6 Å². The van der Waals surface area contributed by atoms with E-state index < -0.39 is 0 Å². The van der Waals surface area contributed by atoms with Crippen molar-refractivity contribution >= 4 is 0 Å². The summed E-state index contributed by atoms with van der Waals surface area (Å²) in [5.41, 5.74) is 6.26. The van der Waals surface area contributed by atoms with Crippen molar-refractivity contribution in [2.45, 2.75) is 13.0 Å². The molecule has 3 N–H and O–H groups in total. The summed E-state index contributed by atoms with van der Waals surface area (Å²) in [5, 5.41) is 8.58. The summed E-state index contributed by atoms with van der Waals surface area (Å²) in [4.78, 5) is 0. The van der Waals surface area contributed by atoms with E-state index in [2.05, 4.69) is 0 Å². The molecule has 0 amide bonds. The Kier molecular flexibility index (Phi) is 3.85. The zero-order valence-electron chi connectivity index (χ0n) is 8.03. The summed E-state index contributed by atoms with van der Waals surface area (Å²) in [6, 6.07) is 3.87. The van der Waals surface area contributed by atoms with Crippen molar-refractivity contribution in [1.29, 1.82) is 0 Å². The van der Waals surface area contributed by atoms with Gasteiger partial charge in [-0.05, 0) is 25.1 Å². The van der Waals surface area contributed by atoms with Crippen molar-refractivity contribution < 1.29 is 14.2 Å². The molecule has 0 heterocycles. The number of hydrogen-bond acceptors (Lipinski definition) is 3. The monoisotopic (exact) mass is 199 g/mol. The molecule has 14 heavy (non-hydrogen) atoms. The van der Waals surface area contributed by atoms with Crippen LogP contribution in [0.3, 0.4) is 0 Å². The predicted molar refractivity (Wildman–Crippen MR) is 51.6 cm³/mol. The van der Waals surface area contributed by atoms with Gasteiger partial charge in [-0.2, -0.15) is 0 Å². The Hall–Kier alpha value is -1.13. The van der Waals surface area contributed by atoms with Gasteiger partial charge < -0.3 is 15.6 Å². The van der Waals surface area contributed by atoms with E-state index in [9.17, 15) is 4.39 Å². The van der Waals surface area contributed by atoms with Crippen molar-refractivity contribution in [3.8, 4) is 5.75 Å². The van der Waals surface area contributed by atoms with Gasteiger partial charge in [-0.1, -0.05) is 0 Å². The minimum atomic E-state index is -0.339. The van der Waals surface area contributed by atoms with Crippen LogP contribution in [0.2, 0.25) is 0 Å². The van der Waals surface area contributed by atoms with E-state index in [1.165, 1.54) is 18.2 Å². The smallest absolute Gasteiger partial charge is 0.124 e. The number of ether oxygens (including phenoxy) is 1. The third kappa shape index (κ3) is 2.68. The van der Waals surface area contributed by atoms with Crippen LogP contribution >= 0.6 is 0 Å². The number of aliphatic hydroxyl groups excluding tert-OH is 1. The summed E-state index contributed by atoms with van der Waals surface area (Å²) in [6.07, 6.45) is 0. The number of benzene rings is 1. The zero-order valence-corrected chi connectivity index (χ0v) is 8.03. The van der Waals surface area contributed by atoms with E-state index in [0.29, 0.717) is 11.3 Å². The molecule has 1 atom stereocenters. The molecular weight excluding hydrogens is 185 g/mol. The van der Waals surface area contributed by atoms with E-state index in [-0.39, 0.29) is 25.1 Å². The standard InChI is InChI=1S/C10H14FNO2/c1-7(12)9-6-8(11)2-3-10(9)14-5-4-13/h2-3,6-7,13H,4-5,12H2,1H3/t7-/m1/s1. The van der Waals surface area contributed by atoms with Crippen molar-refractivity contribution in [2.75, 3.05) is 13.2 Å². The minimum Gasteiger partial charge on any atom is -0.491 e. The molecule has 0 saturated heterocycles. The first-order chi connectivity index (χ1) is 6.65. The highest BCUT2D eigenvalue weighted by atomic mass is 19.1. The topological polar surface area (TPSA) is 55.5 Å². The first-order valence-electron chi connectivity index (χ1n) is 4.44. The Balaban J connectivity index is 2.90. The lowest BCUT2D eigenvalue weighted by Crippen LogP contribution is -2.10. The summed E-state index contributed by atoms with van der Waals surface area (Å²) < 4.78 is 18.1. The molecule has 1 rings (SSSR count). The Morgan fingerprint density at radius 2 is 2.29 bits per heavy atom. The molecular formula is C10H14FNO2. The second kappa shape index (κ2) is 4.93. The van der Waals surface area contributed by atoms with Crippen LogP contribution in [0.25, 0.3) is 0 Å². The zero-order chi connectivity index (χ0) is 10.6. The van der Waals surface area contributed by atoms with Crippen LogP contribution < -0.4 is 10.5 Å². The van der Waals surface area contributed by atoms with Crippen molar-refractivity contribution in [3.05, 3.63) is 29.6 Å². The van der Waals surface area contributed by atoms with Gasteiger partial charge in [-0.15, -0.1) is 0 Å². The second-order valence-electron chi connectivity index (χ2n) is 3.04. The molecule has 4 heteroatoms. The van der Waals surface area contributed by atoms with Gasteiger partial charge in [0.2, 0.25) is 0 Å². The summed E-state index contributed by atoms with van der Waals surface area (Å²) >= 11 is 0. The van der Waals surface area contributed by atoms with Gasteiger partial charge in [0, 0.05) is 11.6 Å². The summed E-state index contributed by atoms with van der Waals surface area (Å²) in [6.45, 7) is 1.86. The number of nitrogens with two attached hydrogens (primary N) is 1. The molecule has 3 nitrogen and oxygen atoms in total. The Labute approximate surface area is 82.3 Å². The first kappa shape index (κ1) is 10.9. The maximum atomic E-state index is 12.9. The van der Waals surface area contributed by atoms with E-state index in [1.807, 2.05) is 0 Å². The fraction of sp³-hybridized carbons (Fsp3) is 0.400. The third-order valence-electron chi connectivity index (χ3n) is 1.81. The van der Waals surface area contributed by atoms with Crippen LogP contribution in [0.15, 0.2) is 18.2 Å². The molecule has 0 spiro atoms. The third-order valence-corrected chi connectivity index (χ3v) is 1.81. The first-order valence-corrected chi connectivity index (χ1v) is 4.44. The maximum absolute atomic E-state index is 12.9. The fourth-order valence-electron chi connectivity index (χ4n) is 1.16. The van der Waals surface area contributed by atoms with Gasteiger partial charge >= 0.3 is 0 Å². The highest BCUT2D eigenvalue weighted by molar-refractivity contribution is 5.36. The molecule has 0 fully saturated rings. The Morgan fingerprint density at radius 1 is 1.57 bits per heavy atom. The molecule has 0 saturated carbocycles. The van der Waals surface area contributed by atoms with Crippen LogP contribution in [0.1, 0.15) is 18.5 Å². The predicted octanol–water partition coefficient (Wildman–Crippen LogP) is 1.22. The van der Waals surface area contributed by atoms with Crippen LogP contribution in [0, 0.1) is 5.82 Å². The lowest BCUT2D eigenvalue weighted by atomic mass is 10.1. The molecule has 1 aromatic carbocycles. The summed E-state index contributed by atoms with van der Waals surface area (Å²) in [7, 11) is 0. The van der Waals surface area contributed by atoms with E-state index >= 15 is 0 Å². The van der Waals surface area contributed by atoms with Gasteiger partial charge in [-0.3, -0.25) is 0 Å². The average molecular weight is 199 g/mol. The van der Waals surface area contributed by atoms with Crippen LogP contribution in [0.4, 0.5) is 4.39 Å². The second-order valence-corrected chi connectivity index (χ2v) is 3.04. The molecule has 0 bridgehead atoms. The van der Waals surface area contributed by atoms with Crippen molar-refractivity contribution in [3.63, 3.8) is 0 Å². The maximum Gasteiger partial charge on any atom is 0.124 e. The normalized spacial score (nSPS) is 12.6. The fourth-order valence-corrected chi connectivity index (χ4v) is 1.16. The number of aliphatic hydroxyl groups is 1. The SMILES string of the molecule is C[C@@H](N)c1cc(F)ccc1OCCO. The Morgan fingerprint density at radius 3 is 2.86 bits per heavy atom. The molecule has 0 unspecified atom stereocenters. The van der Waals surface area contributed by atoms with Gasteiger partial charge in [0.25, 0.3) is 0 Å². The van der Waals surface area contributed by atoms with Gasteiger partial charge in [0.15, 0.2) is 0 Å². The molecule has 0 aliphatic rings. The molecule has 0 aromatic heterocycles. The lowest BCUT2D eigenvalue weighted by Gasteiger charge is -2.13.